The van der Waals surface area contributed by atoms with Gasteiger partial charge in [-0.2, -0.15) is 0 Å². The van der Waals surface area contributed by atoms with Crippen molar-refractivity contribution in [2.24, 2.45) is 5.73 Å². The van der Waals surface area contributed by atoms with E-state index in [1.54, 1.807) is 0 Å². The van der Waals surface area contributed by atoms with Crippen LogP contribution in [-0.2, 0) is 4.74 Å². The molecule has 0 saturated carbocycles. The average molecular weight is 284 g/mol. The summed E-state index contributed by atoms with van der Waals surface area (Å²) in [6.45, 7) is 8.41. The molecule has 2 rings (SSSR count). The largest absolute Gasteiger partial charge is 0.376 e. The van der Waals surface area contributed by atoms with Crippen LogP contribution in [0.4, 0.5) is 0 Å². The first-order valence-electron chi connectivity index (χ1n) is 7.35. The van der Waals surface area contributed by atoms with E-state index in [2.05, 4.69) is 54.4 Å². The summed E-state index contributed by atoms with van der Waals surface area (Å²) in [5.41, 5.74) is 8.15. The Morgan fingerprint density at radius 2 is 2.00 bits per heavy atom. The molecule has 0 heterocycles. The number of nitrogens with one attached hydrogen (secondary N) is 1. The lowest BCUT2D eigenvalue weighted by Crippen LogP contribution is -2.31. The molecule has 112 valence electrons. The van der Waals surface area contributed by atoms with Gasteiger partial charge in [0.05, 0.1) is 13.2 Å². The van der Waals surface area contributed by atoms with Crippen molar-refractivity contribution in [2.45, 2.75) is 13.0 Å². The van der Waals surface area contributed by atoms with Gasteiger partial charge in [0.1, 0.15) is 0 Å². The summed E-state index contributed by atoms with van der Waals surface area (Å²) in [7, 11) is 0. The quantitative estimate of drug-likeness (QED) is 0.578. The van der Waals surface area contributed by atoms with Crippen molar-refractivity contribution in [1.29, 1.82) is 0 Å². The average Bonchev–Trinajstić information content (AvgIpc) is 2.50. The van der Waals surface area contributed by atoms with E-state index in [0.29, 0.717) is 19.8 Å². The molecule has 1 atom stereocenters. The molecule has 3 heteroatoms. The summed E-state index contributed by atoms with van der Waals surface area (Å²) in [6.07, 6.45) is 0. The van der Waals surface area contributed by atoms with Gasteiger partial charge in [-0.3, -0.25) is 0 Å². The first-order chi connectivity index (χ1) is 10.2. The Balaban J connectivity index is 1.94. The summed E-state index contributed by atoms with van der Waals surface area (Å²) in [4.78, 5) is 0. The van der Waals surface area contributed by atoms with E-state index in [1.807, 2.05) is 6.92 Å². The smallest absolute Gasteiger partial charge is 0.0672 e. The van der Waals surface area contributed by atoms with Crippen molar-refractivity contribution >= 4 is 10.8 Å². The van der Waals surface area contributed by atoms with Crippen LogP contribution in [0.3, 0.4) is 0 Å². The Morgan fingerprint density at radius 3 is 2.71 bits per heavy atom. The lowest BCUT2D eigenvalue weighted by molar-refractivity contribution is 0.155. The van der Waals surface area contributed by atoms with Crippen LogP contribution in [0.15, 0.2) is 54.6 Å². The molecular weight excluding hydrogens is 260 g/mol. The molecule has 0 saturated heterocycles. The Bertz CT molecular complexity index is 595. The maximum atomic E-state index is 5.89. The number of rotatable bonds is 8. The van der Waals surface area contributed by atoms with Crippen molar-refractivity contribution in [3.05, 3.63) is 60.2 Å². The van der Waals surface area contributed by atoms with Crippen LogP contribution in [0.2, 0.25) is 0 Å². The van der Waals surface area contributed by atoms with E-state index in [0.717, 1.165) is 12.1 Å². The summed E-state index contributed by atoms with van der Waals surface area (Å²) in [6, 6.07) is 15.0. The normalized spacial score (nSPS) is 12.5. The summed E-state index contributed by atoms with van der Waals surface area (Å²) < 4.78 is 5.49. The fourth-order valence-electron chi connectivity index (χ4n) is 2.31. The number of hydrogen-bond donors (Lipinski definition) is 2. The zero-order chi connectivity index (χ0) is 15.1. The third kappa shape index (κ3) is 4.67. The molecule has 0 fully saturated rings. The Labute approximate surface area is 126 Å². The van der Waals surface area contributed by atoms with Gasteiger partial charge < -0.3 is 15.8 Å². The highest BCUT2D eigenvalue weighted by Crippen LogP contribution is 2.19. The molecular formula is C18H24N2O. The van der Waals surface area contributed by atoms with Gasteiger partial charge in [0.2, 0.25) is 0 Å². The first kappa shape index (κ1) is 15.7. The second-order valence-electron chi connectivity index (χ2n) is 5.36. The van der Waals surface area contributed by atoms with Gasteiger partial charge in [-0.1, -0.05) is 48.6 Å². The van der Waals surface area contributed by atoms with Crippen LogP contribution in [0.1, 0.15) is 18.5 Å². The Hall–Kier alpha value is -1.68. The third-order valence-corrected chi connectivity index (χ3v) is 3.40. The van der Waals surface area contributed by atoms with E-state index < -0.39 is 0 Å². The number of nitrogens with two attached hydrogens (primary N) is 1. The maximum absolute atomic E-state index is 5.89. The van der Waals surface area contributed by atoms with Gasteiger partial charge in [0.25, 0.3) is 0 Å². The lowest BCUT2D eigenvalue weighted by Gasteiger charge is -2.18. The van der Waals surface area contributed by atoms with Crippen molar-refractivity contribution in [1.82, 2.24) is 5.32 Å². The number of benzene rings is 2. The molecule has 3 N–H and O–H groups in total. The van der Waals surface area contributed by atoms with Crippen molar-refractivity contribution in [3.8, 4) is 0 Å². The molecule has 0 aromatic heterocycles. The summed E-state index contributed by atoms with van der Waals surface area (Å²) >= 11 is 0. The molecule has 0 aliphatic heterocycles. The molecule has 2 aromatic rings. The fourth-order valence-corrected chi connectivity index (χ4v) is 2.31. The van der Waals surface area contributed by atoms with Crippen LogP contribution < -0.4 is 11.1 Å². The van der Waals surface area contributed by atoms with Crippen molar-refractivity contribution in [2.75, 3.05) is 26.3 Å². The van der Waals surface area contributed by atoms with Crippen LogP contribution >= 0.6 is 0 Å². The summed E-state index contributed by atoms with van der Waals surface area (Å²) in [5.74, 6) is 0. The van der Waals surface area contributed by atoms with Gasteiger partial charge in [-0.25, -0.2) is 0 Å². The number of ether oxygens (including phenoxy) is 1. The zero-order valence-corrected chi connectivity index (χ0v) is 12.6. The van der Waals surface area contributed by atoms with Gasteiger partial charge in [0.15, 0.2) is 0 Å². The van der Waals surface area contributed by atoms with Crippen molar-refractivity contribution < 1.29 is 4.74 Å². The first-order valence-corrected chi connectivity index (χ1v) is 7.35. The van der Waals surface area contributed by atoms with Crippen LogP contribution in [0.25, 0.3) is 10.8 Å². The molecule has 0 radical (unpaired) electrons. The molecule has 0 aliphatic carbocycles. The predicted octanol–water partition coefficient (Wildman–Crippen LogP) is 3.02. The molecule has 1 unspecified atom stereocenters. The number of fused-ring (bicyclic) bond motifs is 1. The minimum absolute atomic E-state index is 0.156. The minimum atomic E-state index is 0.156. The van der Waals surface area contributed by atoms with Crippen molar-refractivity contribution in [3.63, 3.8) is 0 Å². The van der Waals surface area contributed by atoms with Gasteiger partial charge >= 0.3 is 0 Å². The van der Waals surface area contributed by atoms with Crippen LogP contribution in [0, 0.1) is 0 Å². The predicted molar refractivity (Wildman–Crippen MR) is 89.4 cm³/mol. The van der Waals surface area contributed by atoms with Crippen LogP contribution in [-0.4, -0.2) is 26.3 Å². The van der Waals surface area contributed by atoms with E-state index in [-0.39, 0.29) is 6.04 Å². The molecule has 2 aromatic carbocycles. The monoisotopic (exact) mass is 284 g/mol. The summed E-state index contributed by atoms with van der Waals surface area (Å²) in [5, 5.41) is 5.94. The second-order valence-corrected chi connectivity index (χ2v) is 5.36. The Kier molecular flexibility index (Phi) is 5.93. The zero-order valence-electron chi connectivity index (χ0n) is 12.6. The molecule has 0 aliphatic rings. The minimum Gasteiger partial charge on any atom is -0.376 e. The Morgan fingerprint density at radius 1 is 1.24 bits per heavy atom. The van der Waals surface area contributed by atoms with E-state index in [9.17, 15) is 0 Å². The highest BCUT2D eigenvalue weighted by Gasteiger charge is 2.09. The highest BCUT2D eigenvalue weighted by atomic mass is 16.5. The SMILES string of the molecule is C=C(C)COCCNC(CN)c1ccc2ccccc2c1. The molecule has 21 heavy (non-hydrogen) atoms. The van der Waals surface area contributed by atoms with E-state index in [4.69, 9.17) is 10.5 Å². The van der Waals surface area contributed by atoms with E-state index >= 15 is 0 Å². The topological polar surface area (TPSA) is 47.3 Å². The standard InChI is InChI=1S/C18H24N2O/c1-14(2)13-21-10-9-20-18(12-19)17-8-7-15-5-3-4-6-16(15)11-17/h3-8,11,18,20H,1,9-10,12-13,19H2,2H3. The maximum Gasteiger partial charge on any atom is 0.0672 e. The molecule has 0 amide bonds. The van der Waals surface area contributed by atoms with Gasteiger partial charge in [-0.15, -0.1) is 0 Å². The molecule has 0 spiro atoms. The fraction of sp³-hybridized carbons (Fsp3) is 0.333. The van der Waals surface area contributed by atoms with Crippen LogP contribution in [0.5, 0.6) is 0 Å². The van der Waals surface area contributed by atoms with Gasteiger partial charge in [-0.05, 0) is 29.3 Å². The lowest BCUT2D eigenvalue weighted by atomic mass is 10.0. The molecule has 3 nitrogen and oxygen atoms in total. The van der Waals surface area contributed by atoms with Gasteiger partial charge in [0, 0.05) is 19.1 Å². The molecule has 0 bridgehead atoms. The van der Waals surface area contributed by atoms with E-state index in [1.165, 1.54) is 16.3 Å². The second kappa shape index (κ2) is 7.93. The number of hydrogen-bond acceptors (Lipinski definition) is 3. The highest BCUT2D eigenvalue weighted by molar-refractivity contribution is 5.83. The third-order valence-electron chi connectivity index (χ3n) is 3.40.